The van der Waals surface area contributed by atoms with Gasteiger partial charge in [-0.1, -0.05) is 17.7 Å². The normalized spacial score (nSPS) is 11.8. The smallest absolute Gasteiger partial charge is 0.407 e. The number of hydrogen-bond donors (Lipinski definition) is 1. The van der Waals surface area contributed by atoms with Crippen molar-refractivity contribution >= 4 is 23.7 Å². The number of hydrogen-bond acceptors (Lipinski definition) is 4. The molecular formula is C18H26ClNO4. The van der Waals surface area contributed by atoms with Crippen LogP contribution < -0.4 is 5.32 Å². The van der Waals surface area contributed by atoms with Crippen LogP contribution in [-0.4, -0.2) is 29.8 Å². The molecule has 0 unspecified atom stereocenters. The summed E-state index contributed by atoms with van der Waals surface area (Å²) in [6.07, 6.45) is -0.0272. The minimum absolute atomic E-state index is 0.340. The highest BCUT2D eigenvalue weighted by atomic mass is 35.5. The molecule has 0 aromatic heterocycles. The Labute approximate surface area is 148 Å². The highest BCUT2D eigenvalue weighted by Crippen LogP contribution is 2.20. The maximum absolute atomic E-state index is 12.3. The fourth-order valence-corrected chi connectivity index (χ4v) is 2.08. The molecule has 0 heterocycles. The SMILES string of the molecule is CC(C)(C)OC(=O)NCCc1ccc(Cl)cc1C(=O)OC(C)(C)C. The molecule has 0 spiro atoms. The monoisotopic (exact) mass is 355 g/mol. The number of ether oxygens (including phenoxy) is 2. The van der Waals surface area contributed by atoms with Crippen molar-refractivity contribution in [2.45, 2.75) is 59.2 Å². The molecule has 0 saturated carbocycles. The van der Waals surface area contributed by atoms with Crippen molar-refractivity contribution in [3.8, 4) is 0 Å². The van der Waals surface area contributed by atoms with E-state index in [0.29, 0.717) is 23.6 Å². The Kier molecular flexibility index (Phi) is 6.67. The molecular weight excluding hydrogens is 330 g/mol. The summed E-state index contributed by atoms with van der Waals surface area (Å²) in [6, 6.07) is 5.05. The van der Waals surface area contributed by atoms with Gasteiger partial charge in [-0.05, 0) is 65.7 Å². The van der Waals surface area contributed by atoms with E-state index in [9.17, 15) is 9.59 Å². The quantitative estimate of drug-likeness (QED) is 0.815. The van der Waals surface area contributed by atoms with Crippen molar-refractivity contribution in [1.82, 2.24) is 5.32 Å². The number of rotatable bonds is 4. The van der Waals surface area contributed by atoms with E-state index < -0.39 is 23.3 Å². The lowest BCUT2D eigenvalue weighted by molar-refractivity contribution is 0.00682. The Hall–Kier alpha value is -1.75. The van der Waals surface area contributed by atoms with Crippen LogP contribution in [-0.2, 0) is 15.9 Å². The maximum Gasteiger partial charge on any atom is 0.407 e. The van der Waals surface area contributed by atoms with Gasteiger partial charge in [0, 0.05) is 11.6 Å². The fraction of sp³-hybridized carbons (Fsp3) is 0.556. The largest absolute Gasteiger partial charge is 0.456 e. The van der Waals surface area contributed by atoms with Gasteiger partial charge in [-0.2, -0.15) is 0 Å². The second kappa shape index (κ2) is 7.88. The molecule has 0 saturated heterocycles. The summed E-state index contributed by atoms with van der Waals surface area (Å²) in [6.45, 7) is 11.1. The van der Waals surface area contributed by atoms with Crippen LogP contribution in [0, 0.1) is 0 Å². The molecule has 1 rings (SSSR count). The Bertz CT molecular complexity index is 600. The first-order valence-corrected chi connectivity index (χ1v) is 8.24. The van der Waals surface area contributed by atoms with E-state index in [1.165, 1.54) is 0 Å². The van der Waals surface area contributed by atoms with Crippen molar-refractivity contribution in [3.05, 3.63) is 34.3 Å². The van der Waals surface area contributed by atoms with Crippen LogP contribution >= 0.6 is 11.6 Å². The van der Waals surface area contributed by atoms with Crippen LogP contribution in [0.25, 0.3) is 0 Å². The van der Waals surface area contributed by atoms with E-state index in [4.69, 9.17) is 21.1 Å². The van der Waals surface area contributed by atoms with Gasteiger partial charge in [-0.25, -0.2) is 9.59 Å². The Morgan fingerprint density at radius 1 is 1.04 bits per heavy atom. The highest BCUT2D eigenvalue weighted by molar-refractivity contribution is 6.31. The summed E-state index contributed by atoms with van der Waals surface area (Å²) in [7, 11) is 0. The van der Waals surface area contributed by atoms with Crippen molar-refractivity contribution in [1.29, 1.82) is 0 Å². The molecule has 5 nitrogen and oxygen atoms in total. The van der Waals surface area contributed by atoms with Gasteiger partial charge in [0.1, 0.15) is 11.2 Å². The molecule has 1 aromatic carbocycles. The van der Waals surface area contributed by atoms with Crippen molar-refractivity contribution in [3.63, 3.8) is 0 Å². The minimum atomic E-state index is -0.592. The molecule has 134 valence electrons. The number of halogens is 1. The molecule has 0 aliphatic carbocycles. The Balaban J connectivity index is 2.75. The lowest BCUT2D eigenvalue weighted by Crippen LogP contribution is -2.33. The average molecular weight is 356 g/mol. The summed E-state index contributed by atoms with van der Waals surface area (Å²) >= 11 is 5.99. The predicted octanol–water partition coefficient (Wildman–Crippen LogP) is 4.36. The number of amides is 1. The minimum Gasteiger partial charge on any atom is -0.456 e. The summed E-state index contributed by atoms with van der Waals surface area (Å²) < 4.78 is 10.6. The molecule has 0 fully saturated rings. The van der Waals surface area contributed by atoms with Gasteiger partial charge in [0.25, 0.3) is 0 Å². The van der Waals surface area contributed by atoms with E-state index in [0.717, 1.165) is 5.56 Å². The molecule has 1 N–H and O–H groups in total. The number of esters is 1. The van der Waals surface area contributed by atoms with Gasteiger partial charge >= 0.3 is 12.1 Å². The van der Waals surface area contributed by atoms with Crippen LogP contribution in [0.3, 0.4) is 0 Å². The zero-order valence-electron chi connectivity index (χ0n) is 15.2. The second-order valence-electron chi connectivity index (χ2n) is 7.48. The van der Waals surface area contributed by atoms with Crippen molar-refractivity contribution in [2.75, 3.05) is 6.54 Å². The summed E-state index contributed by atoms with van der Waals surface area (Å²) in [5.41, 5.74) is 0.0189. The fourth-order valence-electron chi connectivity index (χ4n) is 1.90. The van der Waals surface area contributed by atoms with Gasteiger partial charge < -0.3 is 14.8 Å². The lowest BCUT2D eigenvalue weighted by atomic mass is 10.0. The van der Waals surface area contributed by atoms with Crippen molar-refractivity contribution in [2.24, 2.45) is 0 Å². The first-order valence-electron chi connectivity index (χ1n) is 7.86. The molecule has 1 aromatic rings. The summed E-state index contributed by atoms with van der Waals surface area (Å²) in [4.78, 5) is 24.0. The van der Waals surface area contributed by atoms with Crippen LogP contribution in [0.2, 0.25) is 5.02 Å². The van der Waals surface area contributed by atoms with Crippen LogP contribution in [0.5, 0.6) is 0 Å². The summed E-state index contributed by atoms with van der Waals surface area (Å²) in [5.74, 6) is -0.433. The van der Waals surface area contributed by atoms with Gasteiger partial charge in [0.15, 0.2) is 0 Å². The predicted molar refractivity (Wildman–Crippen MR) is 94.6 cm³/mol. The van der Waals surface area contributed by atoms with Gasteiger partial charge in [0.05, 0.1) is 5.56 Å². The lowest BCUT2D eigenvalue weighted by Gasteiger charge is -2.21. The van der Waals surface area contributed by atoms with Crippen LogP contribution in [0.4, 0.5) is 4.79 Å². The van der Waals surface area contributed by atoms with E-state index in [1.54, 1.807) is 59.7 Å². The van der Waals surface area contributed by atoms with E-state index in [2.05, 4.69) is 5.32 Å². The average Bonchev–Trinajstić information content (AvgIpc) is 2.36. The molecule has 0 radical (unpaired) electrons. The molecule has 6 heteroatoms. The summed E-state index contributed by atoms with van der Waals surface area (Å²) in [5, 5.41) is 3.13. The zero-order chi connectivity index (χ0) is 18.5. The van der Waals surface area contributed by atoms with Crippen molar-refractivity contribution < 1.29 is 19.1 Å². The Morgan fingerprint density at radius 3 is 2.17 bits per heavy atom. The first kappa shape index (κ1) is 20.3. The molecule has 1 amide bonds. The maximum atomic E-state index is 12.3. The number of carbonyl (C=O) groups is 2. The molecule has 0 aliphatic heterocycles. The second-order valence-corrected chi connectivity index (χ2v) is 7.92. The molecule has 0 aliphatic rings. The third-order valence-electron chi connectivity index (χ3n) is 2.75. The first-order chi connectivity index (χ1) is 10.9. The van der Waals surface area contributed by atoms with Crippen LogP contribution in [0.1, 0.15) is 57.5 Å². The van der Waals surface area contributed by atoms with E-state index in [-0.39, 0.29) is 0 Å². The number of benzene rings is 1. The third kappa shape index (κ3) is 7.68. The molecule has 24 heavy (non-hydrogen) atoms. The zero-order valence-corrected chi connectivity index (χ0v) is 15.9. The van der Waals surface area contributed by atoms with Gasteiger partial charge in [0.2, 0.25) is 0 Å². The Morgan fingerprint density at radius 2 is 1.62 bits per heavy atom. The topological polar surface area (TPSA) is 64.6 Å². The van der Waals surface area contributed by atoms with Gasteiger partial charge in [-0.3, -0.25) is 0 Å². The third-order valence-corrected chi connectivity index (χ3v) is 2.99. The van der Waals surface area contributed by atoms with E-state index >= 15 is 0 Å². The number of carbonyl (C=O) groups excluding carboxylic acids is 2. The standard InChI is InChI=1S/C18H26ClNO4/c1-17(2,3)23-15(21)14-11-13(19)8-7-12(14)9-10-20-16(22)24-18(4,5)6/h7-8,11H,9-10H2,1-6H3,(H,20,22). The number of alkyl carbamates (subject to hydrolysis) is 1. The van der Waals surface area contributed by atoms with Gasteiger partial charge in [-0.15, -0.1) is 0 Å². The van der Waals surface area contributed by atoms with E-state index in [1.807, 2.05) is 0 Å². The number of nitrogens with one attached hydrogen (secondary N) is 1. The van der Waals surface area contributed by atoms with Crippen LogP contribution in [0.15, 0.2) is 18.2 Å². The highest BCUT2D eigenvalue weighted by Gasteiger charge is 2.21. The molecule has 0 atom stereocenters. The molecule has 0 bridgehead atoms.